The molecule has 0 aliphatic carbocycles. The fraction of sp³-hybridized carbons (Fsp3) is 0.500. The van der Waals surface area contributed by atoms with Crippen molar-refractivity contribution in [3.8, 4) is 0 Å². The van der Waals surface area contributed by atoms with Gasteiger partial charge in [-0.1, -0.05) is 12.1 Å². The lowest BCUT2D eigenvalue weighted by atomic mass is 9.95. The normalized spacial score (nSPS) is 18.8. The van der Waals surface area contributed by atoms with Crippen LogP contribution in [0.5, 0.6) is 0 Å². The first-order chi connectivity index (χ1) is 15.3. The fourth-order valence-electron chi connectivity index (χ4n) is 4.51. The minimum Gasteiger partial charge on any atom is -0.341 e. The minimum atomic E-state index is -0.301. The van der Waals surface area contributed by atoms with Crippen LogP contribution in [0.1, 0.15) is 47.8 Å². The Balaban J connectivity index is 1.61. The van der Waals surface area contributed by atoms with E-state index in [9.17, 15) is 14.0 Å². The number of anilines is 1. The zero-order valence-electron chi connectivity index (χ0n) is 19.0. The molecule has 1 saturated heterocycles. The van der Waals surface area contributed by atoms with Gasteiger partial charge in [0.1, 0.15) is 17.5 Å². The Labute approximate surface area is 188 Å². The van der Waals surface area contributed by atoms with Crippen LogP contribution in [0.2, 0.25) is 0 Å². The van der Waals surface area contributed by atoms with Crippen LogP contribution in [-0.4, -0.2) is 65.3 Å². The zero-order valence-corrected chi connectivity index (χ0v) is 19.0. The number of nitrogens with zero attached hydrogens (tertiary/aromatic N) is 5. The SMILES string of the molecule is Cc1nc(C2CCCN(C(=O)CN(C)C)C2)nc2c1CCC(=O)N2Cc1ccc(F)cc1. The smallest absolute Gasteiger partial charge is 0.236 e. The van der Waals surface area contributed by atoms with Crippen LogP contribution >= 0.6 is 0 Å². The molecule has 1 aromatic heterocycles. The van der Waals surface area contributed by atoms with Gasteiger partial charge in [-0.25, -0.2) is 14.4 Å². The first-order valence-electron chi connectivity index (χ1n) is 11.2. The molecular weight excluding hydrogens is 409 g/mol. The van der Waals surface area contributed by atoms with Crippen molar-refractivity contribution >= 4 is 17.6 Å². The average Bonchev–Trinajstić information content (AvgIpc) is 2.76. The lowest BCUT2D eigenvalue weighted by Gasteiger charge is -2.34. The van der Waals surface area contributed by atoms with Gasteiger partial charge in [-0.15, -0.1) is 0 Å². The van der Waals surface area contributed by atoms with Gasteiger partial charge in [0.05, 0.1) is 13.1 Å². The lowest BCUT2D eigenvalue weighted by Crippen LogP contribution is -2.43. The molecule has 1 fully saturated rings. The van der Waals surface area contributed by atoms with Crippen molar-refractivity contribution in [2.75, 3.05) is 38.6 Å². The van der Waals surface area contributed by atoms with Crippen molar-refractivity contribution in [3.63, 3.8) is 0 Å². The number of benzene rings is 1. The third-order valence-corrected chi connectivity index (χ3v) is 6.20. The van der Waals surface area contributed by atoms with Crippen molar-refractivity contribution < 1.29 is 14.0 Å². The lowest BCUT2D eigenvalue weighted by molar-refractivity contribution is -0.133. The van der Waals surface area contributed by atoms with Crippen LogP contribution in [0.15, 0.2) is 24.3 Å². The number of aromatic nitrogens is 2. The average molecular weight is 440 g/mol. The second-order valence-corrected chi connectivity index (χ2v) is 8.99. The predicted octanol–water partition coefficient (Wildman–Crippen LogP) is 2.67. The van der Waals surface area contributed by atoms with Crippen LogP contribution < -0.4 is 4.90 Å². The van der Waals surface area contributed by atoms with Crippen molar-refractivity contribution in [1.29, 1.82) is 0 Å². The molecule has 1 atom stereocenters. The van der Waals surface area contributed by atoms with Gasteiger partial charge in [-0.05, 0) is 58.0 Å². The maximum atomic E-state index is 13.3. The highest BCUT2D eigenvalue weighted by Gasteiger charge is 2.32. The van der Waals surface area contributed by atoms with Crippen LogP contribution in [0.3, 0.4) is 0 Å². The van der Waals surface area contributed by atoms with E-state index in [2.05, 4.69) is 0 Å². The molecule has 2 amide bonds. The molecule has 3 heterocycles. The Bertz CT molecular complexity index is 1010. The fourth-order valence-corrected chi connectivity index (χ4v) is 4.51. The summed E-state index contributed by atoms with van der Waals surface area (Å²) in [7, 11) is 3.78. The van der Waals surface area contributed by atoms with Crippen LogP contribution in [0.25, 0.3) is 0 Å². The number of fused-ring (bicyclic) bond motifs is 1. The number of halogens is 1. The van der Waals surface area contributed by atoms with E-state index in [1.165, 1.54) is 12.1 Å². The van der Waals surface area contributed by atoms with E-state index in [-0.39, 0.29) is 23.5 Å². The molecule has 2 aliphatic heterocycles. The van der Waals surface area contributed by atoms with Gasteiger partial charge in [0, 0.05) is 36.7 Å². The summed E-state index contributed by atoms with van der Waals surface area (Å²) in [6, 6.07) is 6.20. The molecule has 1 aromatic carbocycles. The molecule has 7 nitrogen and oxygen atoms in total. The third kappa shape index (κ3) is 4.80. The number of carbonyl (C=O) groups is 2. The highest BCUT2D eigenvalue weighted by atomic mass is 19.1. The first-order valence-corrected chi connectivity index (χ1v) is 11.2. The highest BCUT2D eigenvalue weighted by Crippen LogP contribution is 2.33. The summed E-state index contributed by atoms with van der Waals surface area (Å²) < 4.78 is 13.3. The van der Waals surface area contributed by atoms with Gasteiger partial charge in [-0.2, -0.15) is 0 Å². The number of rotatable bonds is 5. The molecule has 170 valence electrons. The van der Waals surface area contributed by atoms with E-state index in [0.717, 1.165) is 36.2 Å². The Kier molecular flexibility index (Phi) is 6.50. The predicted molar refractivity (Wildman–Crippen MR) is 120 cm³/mol. The summed E-state index contributed by atoms with van der Waals surface area (Å²) in [5, 5.41) is 0. The van der Waals surface area contributed by atoms with Gasteiger partial charge < -0.3 is 9.80 Å². The molecule has 8 heteroatoms. The standard InChI is InChI=1S/C24H30FN5O2/c1-16-20-10-11-21(31)30(13-17-6-8-19(25)9-7-17)24(20)27-23(26-16)18-5-4-12-29(14-18)22(32)15-28(2)3/h6-9,18H,4-5,10-15H2,1-3H3. The van der Waals surface area contributed by atoms with E-state index >= 15 is 0 Å². The van der Waals surface area contributed by atoms with E-state index in [1.54, 1.807) is 17.0 Å². The van der Waals surface area contributed by atoms with E-state index in [0.29, 0.717) is 44.1 Å². The molecule has 4 rings (SSSR count). The van der Waals surface area contributed by atoms with Gasteiger partial charge in [0.25, 0.3) is 0 Å². The number of aryl methyl sites for hydroxylation is 1. The maximum Gasteiger partial charge on any atom is 0.236 e. The molecule has 0 radical (unpaired) electrons. The second kappa shape index (κ2) is 9.32. The molecule has 0 bridgehead atoms. The number of piperidine rings is 1. The molecular formula is C24H30FN5O2. The quantitative estimate of drug-likeness (QED) is 0.717. The van der Waals surface area contributed by atoms with Crippen molar-refractivity contribution in [3.05, 3.63) is 52.7 Å². The summed E-state index contributed by atoms with van der Waals surface area (Å²) in [5.74, 6) is 1.22. The number of carbonyl (C=O) groups excluding carboxylic acids is 2. The van der Waals surface area contributed by atoms with Crippen molar-refractivity contribution in [2.45, 2.75) is 45.1 Å². The Hall–Kier alpha value is -2.87. The van der Waals surface area contributed by atoms with E-state index in [1.807, 2.05) is 30.8 Å². The van der Waals surface area contributed by atoms with Gasteiger partial charge in [-0.3, -0.25) is 14.5 Å². The number of amides is 2. The number of hydrogen-bond donors (Lipinski definition) is 0. The molecule has 0 spiro atoms. The molecule has 0 N–H and O–H groups in total. The number of likely N-dealkylation sites (N-methyl/N-ethyl adjacent to an activating group) is 1. The first kappa shape index (κ1) is 22.3. The Morgan fingerprint density at radius 3 is 2.66 bits per heavy atom. The van der Waals surface area contributed by atoms with E-state index < -0.39 is 0 Å². The Morgan fingerprint density at radius 2 is 1.94 bits per heavy atom. The molecule has 2 aromatic rings. The van der Waals surface area contributed by atoms with Gasteiger partial charge in [0.15, 0.2) is 0 Å². The van der Waals surface area contributed by atoms with Crippen LogP contribution in [-0.2, 0) is 22.6 Å². The maximum absolute atomic E-state index is 13.3. The molecule has 32 heavy (non-hydrogen) atoms. The summed E-state index contributed by atoms with van der Waals surface area (Å²) in [4.78, 5) is 40.5. The second-order valence-electron chi connectivity index (χ2n) is 8.99. The van der Waals surface area contributed by atoms with E-state index in [4.69, 9.17) is 9.97 Å². The molecule has 2 aliphatic rings. The molecule has 1 unspecified atom stereocenters. The highest BCUT2D eigenvalue weighted by molar-refractivity contribution is 5.95. The van der Waals surface area contributed by atoms with Gasteiger partial charge >= 0.3 is 0 Å². The number of hydrogen-bond acceptors (Lipinski definition) is 5. The summed E-state index contributed by atoms with van der Waals surface area (Å²) in [6.45, 7) is 4.05. The zero-order chi connectivity index (χ0) is 22.8. The summed E-state index contributed by atoms with van der Waals surface area (Å²) in [6.07, 6.45) is 2.85. The van der Waals surface area contributed by atoms with Crippen LogP contribution in [0.4, 0.5) is 10.2 Å². The third-order valence-electron chi connectivity index (χ3n) is 6.20. The van der Waals surface area contributed by atoms with Crippen molar-refractivity contribution in [1.82, 2.24) is 19.8 Å². The Morgan fingerprint density at radius 1 is 1.19 bits per heavy atom. The monoisotopic (exact) mass is 439 g/mol. The summed E-state index contributed by atoms with van der Waals surface area (Å²) in [5.41, 5.74) is 2.73. The topological polar surface area (TPSA) is 69.6 Å². The largest absolute Gasteiger partial charge is 0.341 e. The van der Waals surface area contributed by atoms with Gasteiger partial charge in [0.2, 0.25) is 11.8 Å². The summed E-state index contributed by atoms with van der Waals surface area (Å²) >= 11 is 0. The van der Waals surface area contributed by atoms with Crippen molar-refractivity contribution in [2.24, 2.45) is 0 Å². The number of likely N-dealkylation sites (tertiary alicyclic amines) is 1. The minimum absolute atomic E-state index is 0.0114. The van der Waals surface area contributed by atoms with Crippen LogP contribution in [0, 0.1) is 12.7 Å². The molecule has 0 saturated carbocycles.